The fourth-order valence-corrected chi connectivity index (χ4v) is 1.53. The Morgan fingerprint density at radius 2 is 1.95 bits per heavy atom. The molecule has 0 aliphatic rings. The normalized spacial score (nSPS) is 12.7. The summed E-state index contributed by atoms with van der Waals surface area (Å²) in [5.41, 5.74) is -1.02. The van der Waals surface area contributed by atoms with Crippen LogP contribution in [-0.2, 0) is 4.79 Å². The van der Waals surface area contributed by atoms with Crippen LogP contribution in [0.25, 0.3) is 0 Å². The lowest BCUT2D eigenvalue weighted by Gasteiger charge is -2.24. The Morgan fingerprint density at radius 1 is 1.35 bits per heavy atom. The van der Waals surface area contributed by atoms with Gasteiger partial charge in [-0.3, -0.25) is 4.79 Å². The zero-order chi connectivity index (χ0) is 15.5. The molecule has 1 aromatic carbocycles. The van der Waals surface area contributed by atoms with Crippen LogP contribution >= 0.6 is 0 Å². The molecule has 2 N–H and O–H groups in total. The number of aromatic carboxylic acids is 1. The van der Waals surface area contributed by atoms with E-state index in [1.165, 1.54) is 19.1 Å². The van der Waals surface area contributed by atoms with Crippen molar-refractivity contribution in [3.63, 3.8) is 0 Å². The smallest absolute Gasteiger partial charge is 0.342 e. The Kier molecular flexibility index (Phi) is 4.70. The van der Waals surface area contributed by atoms with Crippen molar-refractivity contribution in [2.24, 2.45) is 0 Å². The number of nitrogens with one attached hydrogen (secondary N) is 1. The molecule has 0 bridgehead atoms. The van der Waals surface area contributed by atoms with Crippen LogP contribution in [0.4, 0.5) is 4.39 Å². The van der Waals surface area contributed by atoms with E-state index in [1.807, 2.05) is 20.8 Å². The molecular weight excluding hydrogens is 265 g/mol. The van der Waals surface area contributed by atoms with Gasteiger partial charge in [0, 0.05) is 5.54 Å². The van der Waals surface area contributed by atoms with Gasteiger partial charge in [0.05, 0.1) is 0 Å². The molecule has 1 unspecified atom stereocenters. The highest BCUT2D eigenvalue weighted by molar-refractivity contribution is 5.91. The Balaban J connectivity index is 2.91. The predicted octanol–water partition coefficient (Wildman–Crippen LogP) is 2.21. The van der Waals surface area contributed by atoms with Gasteiger partial charge >= 0.3 is 5.97 Å². The average molecular weight is 283 g/mol. The molecule has 0 radical (unpaired) electrons. The van der Waals surface area contributed by atoms with Gasteiger partial charge in [-0.1, -0.05) is 6.07 Å². The van der Waals surface area contributed by atoms with E-state index >= 15 is 0 Å². The summed E-state index contributed by atoms with van der Waals surface area (Å²) in [5.74, 6) is -2.92. The quantitative estimate of drug-likeness (QED) is 0.888. The molecule has 0 aromatic heterocycles. The van der Waals surface area contributed by atoms with E-state index in [2.05, 4.69) is 5.32 Å². The summed E-state index contributed by atoms with van der Waals surface area (Å²) in [7, 11) is 0. The van der Waals surface area contributed by atoms with Crippen LogP contribution in [-0.4, -0.2) is 28.6 Å². The first-order valence-electron chi connectivity index (χ1n) is 6.12. The molecule has 1 atom stereocenters. The minimum Gasteiger partial charge on any atom is -0.480 e. The molecule has 5 nitrogen and oxygen atoms in total. The van der Waals surface area contributed by atoms with Crippen LogP contribution in [0.2, 0.25) is 0 Å². The summed E-state index contributed by atoms with van der Waals surface area (Å²) >= 11 is 0. The molecule has 1 amide bonds. The van der Waals surface area contributed by atoms with Gasteiger partial charge in [0.2, 0.25) is 0 Å². The van der Waals surface area contributed by atoms with Gasteiger partial charge in [-0.15, -0.1) is 0 Å². The molecule has 0 heterocycles. The lowest BCUT2D eigenvalue weighted by molar-refractivity contribution is -0.128. The van der Waals surface area contributed by atoms with Gasteiger partial charge in [0.25, 0.3) is 5.91 Å². The van der Waals surface area contributed by atoms with E-state index < -0.39 is 34.9 Å². The van der Waals surface area contributed by atoms with Crippen LogP contribution in [0.15, 0.2) is 18.2 Å². The highest BCUT2D eigenvalue weighted by atomic mass is 19.1. The molecule has 0 saturated heterocycles. The Labute approximate surface area is 116 Å². The minimum absolute atomic E-state index is 0.172. The monoisotopic (exact) mass is 283 g/mol. The van der Waals surface area contributed by atoms with Crippen LogP contribution in [0.1, 0.15) is 38.1 Å². The van der Waals surface area contributed by atoms with Crippen molar-refractivity contribution in [3.05, 3.63) is 29.6 Å². The number of carboxylic acids is 1. The van der Waals surface area contributed by atoms with Gasteiger partial charge in [0.15, 0.2) is 6.10 Å². The molecule has 0 aliphatic carbocycles. The van der Waals surface area contributed by atoms with Crippen molar-refractivity contribution in [2.45, 2.75) is 39.3 Å². The molecule has 6 heteroatoms. The highest BCUT2D eigenvalue weighted by Gasteiger charge is 2.24. The molecule has 0 aliphatic heterocycles. The van der Waals surface area contributed by atoms with Gasteiger partial charge in [-0.2, -0.15) is 0 Å². The average Bonchev–Trinajstić information content (AvgIpc) is 2.25. The maximum atomic E-state index is 13.5. The van der Waals surface area contributed by atoms with Crippen LogP contribution < -0.4 is 10.1 Å². The zero-order valence-corrected chi connectivity index (χ0v) is 11.9. The molecule has 0 spiro atoms. The first-order chi connectivity index (χ1) is 9.11. The second-order valence-electron chi connectivity index (χ2n) is 5.42. The summed E-state index contributed by atoms with van der Waals surface area (Å²) in [6.07, 6.45) is -0.936. The fraction of sp³-hybridized carbons (Fsp3) is 0.429. The molecular formula is C14H18FNO4. The number of amides is 1. The minimum atomic E-state index is -1.44. The van der Waals surface area contributed by atoms with Crippen molar-refractivity contribution < 1.29 is 23.8 Å². The maximum absolute atomic E-state index is 13.5. The number of carbonyl (C=O) groups is 2. The number of carbonyl (C=O) groups excluding carboxylic acids is 1. The molecule has 1 rings (SSSR count). The van der Waals surface area contributed by atoms with Gasteiger partial charge in [-0.05, 0) is 39.8 Å². The van der Waals surface area contributed by atoms with Gasteiger partial charge < -0.3 is 15.2 Å². The predicted molar refractivity (Wildman–Crippen MR) is 71.3 cm³/mol. The number of benzene rings is 1. The molecule has 1 aromatic rings. The summed E-state index contributed by atoms with van der Waals surface area (Å²) in [6.45, 7) is 6.89. The molecule has 110 valence electrons. The third-order valence-electron chi connectivity index (χ3n) is 2.36. The third-order valence-corrected chi connectivity index (χ3v) is 2.36. The molecule has 0 fully saturated rings. The Hall–Kier alpha value is -2.11. The summed E-state index contributed by atoms with van der Waals surface area (Å²) in [5, 5.41) is 11.7. The largest absolute Gasteiger partial charge is 0.480 e. The van der Waals surface area contributed by atoms with Crippen molar-refractivity contribution in [1.82, 2.24) is 5.32 Å². The Morgan fingerprint density at radius 3 is 2.45 bits per heavy atom. The van der Waals surface area contributed by atoms with E-state index in [-0.39, 0.29) is 5.75 Å². The van der Waals surface area contributed by atoms with Gasteiger partial charge in [-0.25, -0.2) is 9.18 Å². The summed E-state index contributed by atoms with van der Waals surface area (Å²) in [4.78, 5) is 22.9. The van der Waals surface area contributed by atoms with E-state index in [1.54, 1.807) is 0 Å². The summed E-state index contributed by atoms with van der Waals surface area (Å²) < 4.78 is 18.7. The number of hydrogen-bond acceptors (Lipinski definition) is 3. The number of hydrogen-bond donors (Lipinski definition) is 2. The topological polar surface area (TPSA) is 75.6 Å². The summed E-state index contributed by atoms with van der Waals surface area (Å²) in [6, 6.07) is 3.66. The third kappa shape index (κ3) is 4.22. The van der Waals surface area contributed by atoms with Gasteiger partial charge in [0.1, 0.15) is 17.1 Å². The Bertz CT molecular complexity index is 522. The second kappa shape index (κ2) is 5.90. The first-order valence-corrected chi connectivity index (χ1v) is 6.12. The van der Waals surface area contributed by atoms with E-state index in [9.17, 15) is 14.0 Å². The lowest BCUT2D eigenvalue weighted by Crippen LogP contribution is -2.46. The number of halogens is 1. The number of rotatable bonds is 4. The number of ether oxygens (including phenoxy) is 1. The van der Waals surface area contributed by atoms with Crippen molar-refractivity contribution in [2.75, 3.05) is 0 Å². The standard InChI is InChI=1S/C14H18FNO4/c1-8(12(17)16-14(2,3)4)20-10-7-5-6-9(15)11(10)13(18)19/h5-8H,1-4H3,(H,16,17)(H,18,19). The van der Waals surface area contributed by atoms with Crippen molar-refractivity contribution in [1.29, 1.82) is 0 Å². The fourth-order valence-electron chi connectivity index (χ4n) is 1.53. The molecule has 0 saturated carbocycles. The van der Waals surface area contributed by atoms with Crippen LogP contribution in [0, 0.1) is 5.82 Å². The van der Waals surface area contributed by atoms with Crippen molar-refractivity contribution >= 4 is 11.9 Å². The van der Waals surface area contributed by atoms with E-state index in [0.717, 1.165) is 6.07 Å². The van der Waals surface area contributed by atoms with Crippen LogP contribution in [0.3, 0.4) is 0 Å². The first kappa shape index (κ1) is 15.9. The van der Waals surface area contributed by atoms with E-state index in [0.29, 0.717) is 0 Å². The zero-order valence-electron chi connectivity index (χ0n) is 11.9. The van der Waals surface area contributed by atoms with Crippen molar-refractivity contribution in [3.8, 4) is 5.75 Å². The second-order valence-corrected chi connectivity index (χ2v) is 5.42. The maximum Gasteiger partial charge on any atom is 0.342 e. The highest BCUT2D eigenvalue weighted by Crippen LogP contribution is 2.22. The molecule has 20 heavy (non-hydrogen) atoms. The number of carboxylic acid groups (broad SMARTS) is 1. The SMILES string of the molecule is CC(Oc1cccc(F)c1C(=O)O)C(=O)NC(C)(C)C. The van der Waals surface area contributed by atoms with Crippen LogP contribution in [0.5, 0.6) is 5.75 Å². The lowest BCUT2D eigenvalue weighted by atomic mass is 10.1. The van der Waals surface area contributed by atoms with E-state index in [4.69, 9.17) is 9.84 Å².